The van der Waals surface area contributed by atoms with Crippen LogP contribution in [0.2, 0.25) is 0 Å². The van der Waals surface area contributed by atoms with Crippen molar-refractivity contribution in [2.45, 2.75) is 44.2 Å². The zero-order chi connectivity index (χ0) is 9.52. The van der Waals surface area contributed by atoms with Gasteiger partial charge in [0.25, 0.3) is 0 Å². The van der Waals surface area contributed by atoms with Crippen molar-refractivity contribution in [3.63, 3.8) is 0 Å². The van der Waals surface area contributed by atoms with E-state index in [2.05, 4.69) is 16.7 Å². The first-order chi connectivity index (χ1) is 6.36. The first-order valence-electron chi connectivity index (χ1n) is 5.14. The number of nitrogens with one attached hydrogen (secondary N) is 2. The van der Waals surface area contributed by atoms with Crippen LogP contribution in [0.3, 0.4) is 0 Å². The average molecular weight is 181 g/mol. The summed E-state index contributed by atoms with van der Waals surface area (Å²) in [6.07, 6.45) is 5.65. The second kappa shape index (κ2) is 5.95. The minimum atomic E-state index is 0.631. The van der Waals surface area contributed by atoms with Crippen LogP contribution in [0.5, 0.6) is 0 Å². The molecule has 1 aliphatic rings. The van der Waals surface area contributed by atoms with Crippen molar-refractivity contribution in [3.05, 3.63) is 0 Å². The third kappa shape index (κ3) is 3.75. The van der Waals surface area contributed by atoms with Crippen LogP contribution in [0.25, 0.3) is 0 Å². The van der Waals surface area contributed by atoms with Crippen molar-refractivity contribution in [2.75, 3.05) is 13.6 Å². The minimum Gasteiger partial charge on any atom is -0.317 e. The molecule has 0 radical (unpaired) electrons. The van der Waals surface area contributed by atoms with E-state index < -0.39 is 0 Å². The molecule has 3 heteroatoms. The molecule has 3 nitrogen and oxygen atoms in total. The number of hydrogen-bond acceptors (Lipinski definition) is 3. The van der Waals surface area contributed by atoms with E-state index in [1.54, 1.807) is 0 Å². The van der Waals surface area contributed by atoms with Gasteiger partial charge in [0.05, 0.1) is 6.07 Å². The van der Waals surface area contributed by atoms with Gasteiger partial charge in [-0.1, -0.05) is 0 Å². The molecule has 0 heterocycles. The quantitative estimate of drug-likeness (QED) is 0.637. The Hall–Kier alpha value is -0.590. The Morgan fingerprint density at radius 2 is 1.85 bits per heavy atom. The molecule has 1 fully saturated rings. The van der Waals surface area contributed by atoms with E-state index in [9.17, 15) is 0 Å². The molecule has 0 aromatic heterocycles. The van der Waals surface area contributed by atoms with E-state index in [-0.39, 0.29) is 0 Å². The SMILES string of the molecule is CNC1CCC(NCCC#N)CC1. The van der Waals surface area contributed by atoms with Gasteiger partial charge in [0.15, 0.2) is 0 Å². The zero-order valence-corrected chi connectivity index (χ0v) is 8.34. The summed E-state index contributed by atoms with van der Waals surface area (Å²) in [5.41, 5.74) is 0. The van der Waals surface area contributed by atoms with Crippen LogP contribution in [-0.4, -0.2) is 25.7 Å². The highest BCUT2D eigenvalue weighted by molar-refractivity contribution is 4.81. The van der Waals surface area contributed by atoms with Gasteiger partial charge in [0, 0.05) is 25.0 Å². The van der Waals surface area contributed by atoms with Crippen LogP contribution in [0.1, 0.15) is 32.1 Å². The molecule has 0 unspecified atom stereocenters. The van der Waals surface area contributed by atoms with Crippen molar-refractivity contribution < 1.29 is 0 Å². The highest BCUT2D eigenvalue weighted by atomic mass is 14.9. The number of rotatable bonds is 4. The number of hydrogen-bond donors (Lipinski definition) is 2. The Morgan fingerprint density at radius 1 is 1.23 bits per heavy atom. The standard InChI is InChI=1S/C10H19N3/c1-12-9-3-5-10(6-4-9)13-8-2-7-11/h9-10,12-13H,2-6,8H2,1H3. The maximum atomic E-state index is 8.38. The smallest absolute Gasteiger partial charge is 0.0635 e. The third-order valence-electron chi connectivity index (χ3n) is 2.81. The van der Waals surface area contributed by atoms with E-state index >= 15 is 0 Å². The topological polar surface area (TPSA) is 47.8 Å². The minimum absolute atomic E-state index is 0.631. The summed E-state index contributed by atoms with van der Waals surface area (Å²) in [7, 11) is 2.04. The summed E-state index contributed by atoms with van der Waals surface area (Å²) in [5.74, 6) is 0. The van der Waals surface area contributed by atoms with Gasteiger partial charge in [-0.3, -0.25) is 0 Å². The zero-order valence-electron chi connectivity index (χ0n) is 8.34. The Bertz CT molecular complexity index is 165. The first-order valence-corrected chi connectivity index (χ1v) is 5.14. The Morgan fingerprint density at radius 3 is 2.38 bits per heavy atom. The summed E-state index contributed by atoms with van der Waals surface area (Å²) in [6.45, 7) is 0.853. The van der Waals surface area contributed by atoms with Gasteiger partial charge in [-0.25, -0.2) is 0 Å². The highest BCUT2D eigenvalue weighted by Gasteiger charge is 2.18. The Kier molecular flexibility index (Phi) is 4.81. The van der Waals surface area contributed by atoms with E-state index in [0.29, 0.717) is 18.5 Å². The van der Waals surface area contributed by atoms with Crippen molar-refractivity contribution in [1.29, 1.82) is 5.26 Å². The van der Waals surface area contributed by atoms with Crippen molar-refractivity contribution in [3.8, 4) is 6.07 Å². The molecule has 2 N–H and O–H groups in total. The Labute approximate surface area is 80.5 Å². The number of nitrogens with zero attached hydrogens (tertiary/aromatic N) is 1. The van der Waals surface area contributed by atoms with Gasteiger partial charge in [-0.2, -0.15) is 5.26 Å². The molecule has 0 spiro atoms. The molecule has 0 amide bonds. The molecule has 0 aromatic carbocycles. The van der Waals surface area contributed by atoms with E-state index in [4.69, 9.17) is 5.26 Å². The predicted molar refractivity (Wildman–Crippen MR) is 53.3 cm³/mol. The summed E-state index contributed by atoms with van der Waals surface area (Å²) in [6, 6.07) is 3.52. The van der Waals surface area contributed by atoms with Gasteiger partial charge in [-0.05, 0) is 32.7 Å². The lowest BCUT2D eigenvalue weighted by Gasteiger charge is -2.28. The fourth-order valence-electron chi connectivity index (χ4n) is 1.92. The molecule has 1 saturated carbocycles. The molecule has 0 saturated heterocycles. The van der Waals surface area contributed by atoms with Gasteiger partial charge < -0.3 is 10.6 Å². The second-order valence-electron chi connectivity index (χ2n) is 3.70. The maximum Gasteiger partial charge on any atom is 0.0635 e. The summed E-state index contributed by atoms with van der Waals surface area (Å²) >= 11 is 0. The van der Waals surface area contributed by atoms with Crippen LogP contribution in [0.4, 0.5) is 0 Å². The van der Waals surface area contributed by atoms with Crippen LogP contribution in [0, 0.1) is 11.3 Å². The lowest BCUT2D eigenvalue weighted by molar-refractivity contribution is 0.320. The van der Waals surface area contributed by atoms with E-state index in [0.717, 1.165) is 6.54 Å². The summed E-state index contributed by atoms with van der Waals surface area (Å²) < 4.78 is 0. The monoisotopic (exact) mass is 181 g/mol. The van der Waals surface area contributed by atoms with Gasteiger partial charge in [0.1, 0.15) is 0 Å². The van der Waals surface area contributed by atoms with Crippen LogP contribution in [-0.2, 0) is 0 Å². The van der Waals surface area contributed by atoms with Gasteiger partial charge >= 0.3 is 0 Å². The molecular weight excluding hydrogens is 162 g/mol. The maximum absolute atomic E-state index is 8.38. The molecule has 0 aromatic rings. The fraction of sp³-hybridized carbons (Fsp3) is 0.900. The second-order valence-corrected chi connectivity index (χ2v) is 3.70. The van der Waals surface area contributed by atoms with Crippen molar-refractivity contribution in [1.82, 2.24) is 10.6 Å². The van der Waals surface area contributed by atoms with Crippen molar-refractivity contribution >= 4 is 0 Å². The molecule has 0 bridgehead atoms. The van der Waals surface area contributed by atoms with Gasteiger partial charge in [-0.15, -0.1) is 0 Å². The van der Waals surface area contributed by atoms with Gasteiger partial charge in [0.2, 0.25) is 0 Å². The molecule has 1 aliphatic carbocycles. The largest absolute Gasteiger partial charge is 0.317 e. The van der Waals surface area contributed by atoms with Crippen molar-refractivity contribution in [2.24, 2.45) is 0 Å². The first kappa shape index (κ1) is 10.5. The van der Waals surface area contributed by atoms with Crippen LogP contribution >= 0.6 is 0 Å². The molecule has 74 valence electrons. The normalized spacial score (nSPS) is 28.3. The molecule has 0 aliphatic heterocycles. The van der Waals surface area contributed by atoms with E-state index in [1.165, 1.54) is 25.7 Å². The summed E-state index contributed by atoms with van der Waals surface area (Å²) in [4.78, 5) is 0. The molecule has 0 atom stereocenters. The lowest BCUT2D eigenvalue weighted by atomic mass is 9.91. The molecule has 13 heavy (non-hydrogen) atoms. The Balaban J connectivity index is 2.07. The van der Waals surface area contributed by atoms with Crippen LogP contribution in [0.15, 0.2) is 0 Å². The van der Waals surface area contributed by atoms with E-state index in [1.807, 2.05) is 7.05 Å². The number of nitriles is 1. The average Bonchev–Trinajstić information content (AvgIpc) is 2.19. The predicted octanol–water partition coefficient (Wildman–Crippen LogP) is 1.02. The fourth-order valence-corrected chi connectivity index (χ4v) is 1.92. The summed E-state index contributed by atoms with van der Waals surface area (Å²) in [5, 5.41) is 15.1. The van der Waals surface area contributed by atoms with Crippen LogP contribution < -0.4 is 10.6 Å². The third-order valence-corrected chi connectivity index (χ3v) is 2.81. The lowest BCUT2D eigenvalue weighted by Crippen LogP contribution is -2.38. The molecule has 1 rings (SSSR count). The highest BCUT2D eigenvalue weighted by Crippen LogP contribution is 2.17. The molecular formula is C10H19N3.